The largest absolute Gasteiger partial charge is 0.497 e. The summed E-state index contributed by atoms with van der Waals surface area (Å²) in [5.41, 5.74) is 0.267. The van der Waals surface area contributed by atoms with Gasteiger partial charge in [-0.25, -0.2) is 14.7 Å². The van der Waals surface area contributed by atoms with Gasteiger partial charge in [0.05, 0.1) is 7.11 Å². The number of nitrogens with one attached hydrogen (secondary N) is 2. The fourth-order valence-electron chi connectivity index (χ4n) is 2.04. The van der Waals surface area contributed by atoms with Crippen molar-refractivity contribution in [3.05, 3.63) is 46.3 Å². The van der Waals surface area contributed by atoms with E-state index in [2.05, 4.69) is 15.5 Å². The van der Waals surface area contributed by atoms with Gasteiger partial charge in [0.25, 0.3) is 0 Å². The number of carbonyl (C=O) groups excluding carboxylic acids is 1. The molecule has 24 heavy (non-hydrogen) atoms. The van der Waals surface area contributed by atoms with Crippen molar-refractivity contribution in [1.29, 1.82) is 0 Å². The molecule has 8 nitrogen and oxygen atoms in total. The van der Waals surface area contributed by atoms with E-state index in [4.69, 9.17) is 13.9 Å². The van der Waals surface area contributed by atoms with E-state index >= 15 is 0 Å². The van der Waals surface area contributed by atoms with Crippen LogP contribution < -0.4 is 15.8 Å². The molecule has 0 aliphatic heterocycles. The normalized spacial score (nSPS) is 12.5. The summed E-state index contributed by atoms with van der Waals surface area (Å²) in [6.07, 6.45) is -0.247. The highest BCUT2D eigenvalue weighted by atomic mass is 16.6. The molecule has 8 heteroatoms. The molecule has 0 aliphatic carbocycles. The first-order valence-corrected chi connectivity index (χ1v) is 7.44. The Bertz CT molecular complexity index is 727. The molecule has 2 N–H and O–H groups in total. The lowest BCUT2D eigenvalue weighted by Gasteiger charge is -2.22. The summed E-state index contributed by atoms with van der Waals surface area (Å²) in [5, 5.41) is 8.66. The number of amides is 1. The highest BCUT2D eigenvalue weighted by Gasteiger charge is 2.24. The second-order valence-corrected chi connectivity index (χ2v) is 6.20. The number of hydrogen-bond acceptors (Lipinski definition) is 6. The number of nitrogens with zero attached hydrogens (tertiary/aromatic N) is 1. The number of methoxy groups -OCH3 is 1. The molecule has 0 aliphatic rings. The summed E-state index contributed by atoms with van der Waals surface area (Å²) in [4.78, 5) is 23.2. The zero-order valence-corrected chi connectivity index (χ0v) is 14.1. The molecule has 1 heterocycles. The number of H-pyrrole nitrogens is 1. The number of alkyl carbamates (subject to hydrolysis) is 1. The Balaban J connectivity index is 2.16. The molecular formula is C16H21N3O5. The molecule has 0 saturated heterocycles. The van der Waals surface area contributed by atoms with Crippen molar-refractivity contribution >= 4 is 6.09 Å². The Labute approximate surface area is 139 Å². The minimum absolute atomic E-state index is 0.0849. The van der Waals surface area contributed by atoms with Crippen LogP contribution in [0, 0.1) is 0 Å². The third-order valence-corrected chi connectivity index (χ3v) is 3.04. The van der Waals surface area contributed by atoms with Crippen molar-refractivity contribution in [3.63, 3.8) is 0 Å². The second kappa shape index (κ2) is 7.20. The second-order valence-electron chi connectivity index (χ2n) is 6.20. The molecule has 1 aromatic carbocycles. The van der Waals surface area contributed by atoms with Gasteiger partial charge in [0.2, 0.25) is 5.89 Å². The summed E-state index contributed by atoms with van der Waals surface area (Å²) < 4.78 is 15.3. The maximum atomic E-state index is 12.0. The number of benzene rings is 1. The van der Waals surface area contributed by atoms with Crippen LogP contribution in [0.15, 0.2) is 33.5 Å². The average Bonchev–Trinajstić information content (AvgIpc) is 2.92. The van der Waals surface area contributed by atoms with Crippen LogP contribution in [0.4, 0.5) is 4.79 Å². The van der Waals surface area contributed by atoms with Crippen molar-refractivity contribution in [2.24, 2.45) is 0 Å². The molecule has 2 rings (SSSR count). The van der Waals surface area contributed by atoms with Crippen molar-refractivity contribution < 1.29 is 18.7 Å². The molecular weight excluding hydrogens is 314 g/mol. The van der Waals surface area contributed by atoms with E-state index in [0.717, 1.165) is 11.3 Å². The molecule has 1 atom stereocenters. The van der Waals surface area contributed by atoms with E-state index in [1.54, 1.807) is 40.0 Å². The van der Waals surface area contributed by atoms with Gasteiger partial charge >= 0.3 is 11.8 Å². The van der Waals surface area contributed by atoms with Crippen LogP contribution in [0.5, 0.6) is 5.75 Å². The molecule has 0 unspecified atom stereocenters. The zero-order valence-electron chi connectivity index (χ0n) is 14.1. The van der Waals surface area contributed by atoms with Crippen LogP contribution >= 0.6 is 0 Å². The maximum Gasteiger partial charge on any atom is 0.434 e. The van der Waals surface area contributed by atoms with Crippen LogP contribution in [0.1, 0.15) is 38.3 Å². The third kappa shape index (κ3) is 5.15. The van der Waals surface area contributed by atoms with Gasteiger partial charge in [-0.1, -0.05) is 12.1 Å². The molecule has 0 bridgehead atoms. The molecule has 0 spiro atoms. The van der Waals surface area contributed by atoms with Crippen molar-refractivity contribution in [3.8, 4) is 5.75 Å². The lowest BCUT2D eigenvalue weighted by atomic mass is 10.1. The fourth-order valence-corrected chi connectivity index (χ4v) is 2.04. The summed E-state index contributed by atoms with van der Waals surface area (Å²) in [5.74, 6) is 0.124. The smallest absolute Gasteiger partial charge is 0.434 e. The van der Waals surface area contributed by atoms with Crippen molar-refractivity contribution in [2.45, 2.75) is 38.8 Å². The standard InChI is InChI=1S/C16H21N3O5/c1-16(2,3)24-14(20)17-12(13-18-19-15(21)23-13)9-10-5-7-11(22-4)8-6-10/h5-8,12H,9H2,1-4H3,(H,17,20)(H,19,21)/t12-/m0/s1. The molecule has 1 aromatic heterocycles. The number of aromatic nitrogens is 2. The van der Waals surface area contributed by atoms with Gasteiger partial charge in [0.1, 0.15) is 17.4 Å². The zero-order chi connectivity index (χ0) is 17.7. The third-order valence-electron chi connectivity index (χ3n) is 3.04. The Kier molecular flexibility index (Phi) is 5.28. The van der Waals surface area contributed by atoms with Gasteiger partial charge in [-0.05, 0) is 38.5 Å². The maximum absolute atomic E-state index is 12.0. The van der Waals surface area contributed by atoms with Gasteiger partial charge in [0.15, 0.2) is 0 Å². The van der Waals surface area contributed by atoms with Crippen LogP contribution in [-0.4, -0.2) is 29.0 Å². The fraction of sp³-hybridized carbons (Fsp3) is 0.438. The van der Waals surface area contributed by atoms with Gasteiger partial charge in [-0.3, -0.25) is 0 Å². The number of carbonyl (C=O) groups is 1. The van der Waals surface area contributed by atoms with Gasteiger partial charge < -0.3 is 19.2 Å². The predicted octanol–water partition coefficient (Wildman–Crippen LogP) is 2.18. The van der Waals surface area contributed by atoms with Crippen LogP contribution in [-0.2, 0) is 11.2 Å². The Morgan fingerprint density at radius 2 is 2.00 bits per heavy atom. The van der Waals surface area contributed by atoms with Gasteiger partial charge in [-0.15, -0.1) is 5.10 Å². The molecule has 0 saturated carbocycles. The molecule has 1 amide bonds. The topological polar surface area (TPSA) is 106 Å². The van der Waals surface area contributed by atoms with Crippen LogP contribution in [0.2, 0.25) is 0 Å². The van der Waals surface area contributed by atoms with Crippen molar-refractivity contribution in [2.75, 3.05) is 7.11 Å². The van der Waals surface area contributed by atoms with E-state index in [0.29, 0.717) is 6.42 Å². The Morgan fingerprint density at radius 3 is 2.50 bits per heavy atom. The quantitative estimate of drug-likeness (QED) is 0.867. The predicted molar refractivity (Wildman–Crippen MR) is 85.9 cm³/mol. The summed E-state index contributed by atoms with van der Waals surface area (Å²) >= 11 is 0. The first kappa shape index (κ1) is 17.6. The lowest BCUT2D eigenvalue weighted by Crippen LogP contribution is -2.36. The molecule has 0 radical (unpaired) electrons. The molecule has 130 valence electrons. The molecule has 0 fully saturated rings. The average molecular weight is 335 g/mol. The summed E-state index contributed by atoms with van der Waals surface area (Å²) in [6, 6.07) is 6.68. The number of ether oxygens (including phenoxy) is 2. The van der Waals surface area contributed by atoms with E-state index < -0.39 is 23.5 Å². The first-order valence-electron chi connectivity index (χ1n) is 7.44. The highest BCUT2D eigenvalue weighted by Crippen LogP contribution is 2.19. The Hall–Kier alpha value is -2.77. The van der Waals surface area contributed by atoms with Crippen LogP contribution in [0.3, 0.4) is 0 Å². The lowest BCUT2D eigenvalue weighted by molar-refractivity contribution is 0.0495. The highest BCUT2D eigenvalue weighted by molar-refractivity contribution is 5.68. The van der Waals surface area contributed by atoms with E-state index in [1.165, 1.54) is 0 Å². The number of aromatic amines is 1. The van der Waals surface area contributed by atoms with Gasteiger partial charge in [-0.2, -0.15) is 0 Å². The molecule has 2 aromatic rings. The van der Waals surface area contributed by atoms with Crippen LogP contribution in [0.25, 0.3) is 0 Å². The SMILES string of the molecule is COc1ccc(C[C@H](NC(=O)OC(C)(C)C)c2n[nH]c(=O)o2)cc1. The van der Waals surface area contributed by atoms with Gasteiger partial charge in [0, 0.05) is 6.42 Å². The monoisotopic (exact) mass is 335 g/mol. The van der Waals surface area contributed by atoms with E-state index in [-0.39, 0.29) is 5.89 Å². The van der Waals surface area contributed by atoms with E-state index in [9.17, 15) is 9.59 Å². The summed E-state index contributed by atoms with van der Waals surface area (Å²) in [7, 11) is 1.58. The number of rotatable bonds is 5. The Morgan fingerprint density at radius 1 is 1.33 bits per heavy atom. The number of hydrogen-bond donors (Lipinski definition) is 2. The summed E-state index contributed by atoms with van der Waals surface area (Å²) in [6.45, 7) is 5.29. The van der Waals surface area contributed by atoms with Crippen molar-refractivity contribution in [1.82, 2.24) is 15.5 Å². The van der Waals surface area contributed by atoms with E-state index in [1.807, 2.05) is 12.1 Å². The minimum Gasteiger partial charge on any atom is -0.497 e. The first-order chi connectivity index (χ1) is 11.3. The minimum atomic E-state index is -0.685.